The molecule has 1 amide bonds. The molecule has 0 bridgehead atoms. The van der Waals surface area contributed by atoms with Gasteiger partial charge in [-0.05, 0) is 12.0 Å². The van der Waals surface area contributed by atoms with Crippen molar-refractivity contribution in [2.75, 3.05) is 13.1 Å². The number of carbonyl (C=O) groups is 2. The standard InChI is InChI=1S/C14H18N2O3/c15-12(6-10-4-2-1-3-5-10)14(19)16-8-11(9-16)7-13(17)18/h1-5,11-12H,6-9,15H2,(H,17,18)/t12-/m1/s1. The van der Waals surface area contributed by atoms with Crippen LogP contribution in [0.4, 0.5) is 0 Å². The van der Waals surface area contributed by atoms with E-state index in [9.17, 15) is 9.59 Å². The summed E-state index contributed by atoms with van der Waals surface area (Å²) in [5, 5.41) is 8.65. The number of likely N-dealkylation sites (tertiary alicyclic amines) is 1. The number of carboxylic acid groups (broad SMARTS) is 1. The van der Waals surface area contributed by atoms with Crippen molar-refractivity contribution in [3.05, 3.63) is 35.9 Å². The van der Waals surface area contributed by atoms with Gasteiger partial charge in [-0.3, -0.25) is 9.59 Å². The fraction of sp³-hybridized carbons (Fsp3) is 0.429. The summed E-state index contributed by atoms with van der Waals surface area (Å²) in [6.45, 7) is 1.02. The number of benzene rings is 1. The molecule has 0 radical (unpaired) electrons. The van der Waals surface area contributed by atoms with Gasteiger partial charge in [-0.2, -0.15) is 0 Å². The molecule has 0 spiro atoms. The first-order chi connectivity index (χ1) is 9.06. The van der Waals surface area contributed by atoms with E-state index in [-0.39, 0.29) is 18.2 Å². The Kier molecular flexibility index (Phi) is 4.16. The molecule has 1 aliphatic heterocycles. The topological polar surface area (TPSA) is 83.6 Å². The van der Waals surface area contributed by atoms with Gasteiger partial charge in [0.1, 0.15) is 0 Å². The third kappa shape index (κ3) is 3.54. The lowest BCUT2D eigenvalue weighted by Gasteiger charge is -2.39. The Bertz CT molecular complexity index is 455. The van der Waals surface area contributed by atoms with Crippen LogP contribution >= 0.6 is 0 Å². The van der Waals surface area contributed by atoms with Crippen molar-refractivity contribution < 1.29 is 14.7 Å². The average molecular weight is 262 g/mol. The first kappa shape index (κ1) is 13.5. The lowest BCUT2D eigenvalue weighted by molar-refractivity contribution is -0.145. The second-order valence-electron chi connectivity index (χ2n) is 5.00. The number of hydrogen-bond donors (Lipinski definition) is 2. The van der Waals surface area contributed by atoms with Gasteiger partial charge in [-0.15, -0.1) is 0 Å². The van der Waals surface area contributed by atoms with Gasteiger partial charge in [0, 0.05) is 19.0 Å². The Morgan fingerprint density at radius 3 is 2.53 bits per heavy atom. The van der Waals surface area contributed by atoms with Crippen LogP contribution in [0, 0.1) is 5.92 Å². The molecule has 1 aromatic carbocycles. The molecule has 1 heterocycles. The van der Waals surface area contributed by atoms with Crippen LogP contribution in [-0.4, -0.2) is 41.0 Å². The molecule has 0 saturated carbocycles. The predicted molar refractivity (Wildman–Crippen MR) is 70.4 cm³/mol. The molecule has 0 unspecified atom stereocenters. The summed E-state index contributed by atoms with van der Waals surface area (Å²) >= 11 is 0. The highest BCUT2D eigenvalue weighted by molar-refractivity contribution is 5.83. The first-order valence-corrected chi connectivity index (χ1v) is 6.36. The Morgan fingerprint density at radius 2 is 1.95 bits per heavy atom. The van der Waals surface area contributed by atoms with E-state index in [1.807, 2.05) is 30.3 Å². The van der Waals surface area contributed by atoms with Crippen molar-refractivity contribution in [2.24, 2.45) is 11.7 Å². The molecular weight excluding hydrogens is 244 g/mol. The fourth-order valence-electron chi connectivity index (χ4n) is 2.32. The van der Waals surface area contributed by atoms with Gasteiger partial charge in [0.15, 0.2) is 0 Å². The zero-order valence-electron chi connectivity index (χ0n) is 10.7. The third-order valence-corrected chi connectivity index (χ3v) is 3.35. The Balaban J connectivity index is 1.80. The first-order valence-electron chi connectivity index (χ1n) is 6.36. The molecule has 0 aliphatic carbocycles. The van der Waals surface area contributed by atoms with E-state index >= 15 is 0 Å². The van der Waals surface area contributed by atoms with Crippen molar-refractivity contribution in [3.63, 3.8) is 0 Å². The molecule has 1 saturated heterocycles. The van der Waals surface area contributed by atoms with E-state index in [0.717, 1.165) is 5.56 Å². The van der Waals surface area contributed by atoms with E-state index in [1.54, 1.807) is 4.90 Å². The van der Waals surface area contributed by atoms with Gasteiger partial charge < -0.3 is 15.7 Å². The van der Waals surface area contributed by atoms with Gasteiger partial charge in [0.05, 0.1) is 12.5 Å². The van der Waals surface area contributed by atoms with Crippen molar-refractivity contribution in [1.82, 2.24) is 4.90 Å². The number of nitrogens with two attached hydrogens (primary N) is 1. The van der Waals surface area contributed by atoms with Crippen molar-refractivity contribution in [3.8, 4) is 0 Å². The second kappa shape index (κ2) is 5.84. The molecule has 3 N–H and O–H groups in total. The summed E-state index contributed by atoms with van der Waals surface area (Å²) < 4.78 is 0. The van der Waals surface area contributed by atoms with Crippen molar-refractivity contribution >= 4 is 11.9 Å². The smallest absolute Gasteiger partial charge is 0.303 e. The lowest BCUT2D eigenvalue weighted by Crippen LogP contribution is -2.56. The highest BCUT2D eigenvalue weighted by Gasteiger charge is 2.34. The minimum absolute atomic E-state index is 0.0744. The Hall–Kier alpha value is -1.88. The second-order valence-corrected chi connectivity index (χ2v) is 5.00. The molecule has 2 rings (SSSR count). The van der Waals surface area contributed by atoms with E-state index < -0.39 is 12.0 Å². The Labute approximate surface area is 112 Å². The highest BCUT2D eigenvalue weighted by Crippen LogP contribution is 2.20. The number of nitrogens with zero attached hydrogens (tertiary/aromatic N) is 1. The predicted octanol–water partition coefficient (Wildman–Crippen LogP) is 0.489. The number of aliphatic carboxylic acids is 1. The number of hydrogen-bond acceptors (Lipinski definition) is 3. The molecular formula is C14H18N2O3. The monoisotopic (exact) mass is 262 g/mol. The number of carbonyl (C=O) groups excluding carboxylic acids is 1. The minimum Gasteiger partial charge on any atom is -0.481 e. The molecule has 5 heteroatoms. The zero-order valence-corrected chi connectivity index (χ0v) is 10.7. The maximum Gasteiger partial charge on any atom is 0.303 e. The SMILES string of the molecule is N[C@H](Cc1ccccc1)C(=O)N1CC(CC(=O)O)C1. The molecule has 1 aromatic rings. The van der Waals surface area contributed by atoms with E-state index in [1.165, 1.54) is 0 Å². The quantitative estimate of drug-likeness (QED) is 0.809. The van der Waals surface area contributed by atoms with Crippen molar-refractivity contribution in [1.29, 1.82) is 0 Å². The van der Waals surface area contributed by atoms with Gasteiger partial charge in [0.2, 0.25) is 5.91 Å². The maximum atomic E-state index is 12.0. The summed E-state index contributed by atoms with van der Waals surface area (Å²) in [4.78, 5) is 24.2. The highest BCUT2D eigenvalue weighted by atomic mass is 16.4. The molecule has 1 aliphatic rings. The molecule has 1 fully saturated rings. The van der Waals surface area contributed by atoms with E-state index in [0.29, 0.717) is 19.5 Å². The van der Waals surface area contributed by atoms with Crippen LogP contribution in [0.15, 0.2) is 30.3 Å². The number of carboxylic acids is 1. The molecule has 102 valence electrons. The van der Waals surface area contributed by atoms with Crippen LogP contribution in [0.25, 0.3) is 0 Å². The molecule has 1 atom stereocenters. The third-order valence-electron chi connectivity index (χ3n) is 3.35. The van der Waals surface area contributed by atoms with Gasteiger partial charge in [0.25, 0.3) is 0 Å². The zero-order chi connectivity index (χ0) is 13.8. The van der Waals surface area contributed by atoms with Crippen LogP contribution in [0.5, 0.6) is 0 Å². The molecule has 19 heavy (non-hydrogen) atoms. The summed E-state index contributed by atoms with van der Waals surface area (Å²) in [5.74, 6) is -0.832. The van der Waals surface area contributed by atoms with E-state index in [4.69, 9.17) is 10.8 Å². The average Bonchev–Trinajstić information content (AvgIpc) is 2.33. The fourth-order valence-corrected chi connectivity index (χ4v) is 2.32. The maximum absolute atomic E-state index is 12.0. The lowest BCUT2D eigenvalue weighted by atomic mass is 9.94. The van der Waals surface area contributed by atoms with E-state index in [2.05, 4.69) is 0 Å². The Morgan fingerprint density at radius 1 is 1.32 bits per heavy atom. The van der Waals surface area contributed by atoms with Crippen molar-refractivity contribution in [2.45, 2.75) is 18.9 Å². The van der Waals surface area contributed by atoms with Crippen LogP contribution in [0.3, 0.4) is 0 Å². The molecule has 0 aromatic heterocycles. The summed E-state index contributed by atoms with van der Waals surface area (Å²) in [7, 11) is 0. The van der Waals surface area contributed by atoms with Crippen LogP contribution in [0.1, 0.15) is 12.0 Å². The number of rotatable bonds is 5. The van der Waals surface area contributed by atoms with Gasteiger partial charge >= 0.3 is 5.97 Å². The number of amides is 1. The minimum atomic E-state index is -0.814. The van der Waals surface area contributed by atoms with Gasteiger partial charge in [-0.25, -0.2) is 0 Å². The summed E-state index contributed by atoms with van der Waals surface area (Å²) in [6, 6.07) is 9.08. The van der Waals surface area contributed by atoms with Crippen LogP contribution in [0.2, 0.25) is 0 Å². The largest absolute Gasteiger partial charge is 0.481 e. The molecule has 5 nitrogen and oxygen atoms in total. The van der Waals surface area contributed by atoms with Gasteiger partial charge in [-0.1, -0.05) is 30.3 Å². The normalized spacial score (nSPS) is 16.8. The summed E-state index contributed by atoms with van der Waals surface area (Å²) in [6.07, 6.45) is 0.636. The van der Waals surface area contributed by atoms with Crippen LogP contribution in [-0.2, 0) is 16.0 Å². The summed E-state index contributed by atoms with van der Waals surface area (Å²) in [5.41, 5.74) is 6.93. The van der Waals surface area contributed by atoms with Crippen LogP contribution < -0.4 is 5.73 Å².